The number of carbonyl (C=O) groups excluding carboxylic acids is 1. The zero-order chi connectivity index (χ0) is 8.97. The second-order valence-corrected chi connectivity index (χ2v) is 3.86. The molecule has 0 radical (unpaired) electrons. The van der Waals surface area contributed by atoms with Gasteiger partial charge in [-0.15, -0.1) is 0 Å². The average Bonchev–Trinajstić information content (AvgIpc) is 2.06. The van der Waals surface area contributed by atoms with Crippen molar-refractivity contribution < 1.29 is 4.79 Å². The third kappa shape index (κ3) is 2.63. The molecule has 0 aromatic heterocycles. The van der Waals surface area contributed by atoms with Gasteiger partial charge in [-0.05, 0) is 12.8 Å². The van der Waals surface area contributed by atoms with Crippen molar-refractivity contribution in [1.82, 2.24) is 4.90 Å². The van der Waals surface area contributed by atoms with E-state index < -0.39 is 0 Å². The SMILES string of the molecule is C=C1CCN(C(=O)CCBr)CC1. The summed E-state index contributed by atoms with van der Waals surface area (Å²) in [6.07, 6.45) is 2.58. The van der Waals surface area contributed by atoms with E-state index in [0.29, 0.717) is 6.42 Å². The van der Waals surface area contributed by atoms with Crippen LogP contribution in [0.15, 0.2) is 12.2 Å². The van der Waals surface area contributed by atoms with Crippen molar-refractivity contribution >= 4 is 21.8 Å². The molecule has 1 heterocycles. The van der Waals surface area contributed by atoms with E-state index in [0.717, 1.165) is 31.3 Å². The Kier molecular flexibility index (Phi) is 3.79. The Bertz CT molecular complexity index is 181. The quantitative estimate of drug-likeness (QED) is 0.526. The lowest BCUT2D eigenvalue weighted by molar-refractivity contribution is -0.131. The second-order valence-electron chi connectivity index (χ2n) is 3.07. The summed E-state index contributed by atoms with van der Waals surface area (Å²) in [5, 5.41) is 0.767. The van der Waals surface area contributed by atoms with Crippen molar-refractivity contribution in [2.45, 2.75) is 19.3 Å². The fourth-order valence-corrected chi connectivity index (χ4v) is 1.65. The zero-order valence-electron chi connectivity index (χ0n) is 7.18. The normalized spacial score (nSPS) is 18.1. The van der Waals surface area contributed by atoms with Gasteiger partial charge in [-0.3, -0.25) is 4.79 Å². The largest absolute Gasteiger partial charge is 0.342 e. The number of carbonyl (C=O) groups is 1. The molecule has 1 fully saturated rings. The van der Waals surface area contributed by atoms with Crippen molar-refractivity contribution in [2.24, 2.45) is 0 Å². The molecule has 0 spiro atoms. The molecule has 1 rings (SSSR count). The maximum Gasteiger partial charge on any atom is 0.223 e. The van der Waals surface area contributed by atoms with Crippen molar-refractivity contribution in [3.05, 3.63) is 12.2 Å². The van der Waals surface area contributed by atoms with Crippen molar-refractivity contribution in [3.8, 4) is 0 Å². The molecule has 12 heavy (non-hydrogen) atoms. The van der Waals surface area contributed by atoms with Gasteiger partial charge >= 0.3 is 0 Å². The number of amides is 1. The van der Waals surface area contributed by atoms with E-state index in [4.69, 9.17) is 0 Å². The van der Waals surface area contributed by atoms with E-state index in [9.17, 15) is 4.79 Å². The summed E-state index contributed by atoms with van der Waals surface area (Å²) >= 11 is 3.26. The summed E-state index contributed by atoms with van der Waals surface area (Å²) in [5.74, 6) is 0.263. The van der Waals surface area contributed by atoms with Crippen molar-refractivity contribution in [1.29, 1.82) is 0 Å². The fourth-order valence-electron chi connectivity index (χ4n) is 1.31. The molecule has 2 nitrogen and oxygen atoms in total. The summed E-state index contributed by atoms with van der Waals surface area (Å²) in [4.78, 5) is 13.3. The highest BCUT2D eigenvalue weighted by atomic mass is 79.9. The minimum absolute atomic E-state index is 0.263. The monoisotopic (exact) mass is 231 g/mol. The smallest absolute Gasteiger partial charge is 0.223 e. The molecular formula is C9H14BrNO. The highest BCUT2D eigenvalue weighted by Crippen LogP contribution is 2.14. The maximum absolute atomic E-state index is 11.4. The first-order valence-corrected chi connectivity index (χ1v) is 5.36. The van der Waals surface area contributed by atoms with Crippen LogP contribution in [0.3, 0.4) is 0 Å². The first-order chi connectivity index (χ1) is 5.74. The van der Waals surface area contributed by atoms with Crippen LogP contribution >= 0.6 is 15.9 Å². The van der Waals surface area contributed by atoms with E-state index in [1.807, 2.05) is 4.90 Å². The number of alkyl halides is 1. The van der Waals surface area contributed by atoms with Gasteiger partial charge in [-0.2, -0.15) is 0 Å². The molecule has 68 valence electrons. The van der Waals surface area contributed by atoms with E-state index in [1.54, 1.807) is 0 Å². The molecule has 0 N–H and O–H groups in total. The van der Waals surface area contributed by atoms with Gasteiger partial charge in [0.05, 0.1) is 0 Å². The number of rotatable bonds is 2. The minimum atomic E-state index is 0.263. The lowest BCUT2D eigenvalue weighted by Crippen LogP contribution is -2.36. The van der Waals surface area contributed by atoms with Crippen LogP contribution < -0.4 is 0 Å². The molecule has 0 bridgehead atoms. The molecule has 1 aliphatic heterocycles. The van der Waals surface area contributed by atoms with Gasteiger partial charge in [0.25, 0.3) is 0 Å². The lowest BCUT2D eigenvalue weighted by atomic mass is 10.1. The number of hydrogen-bond acceptors (Lipinski definition) is 1. The van der Waals surface area contributed by atoms with E-state index in [-0.39, 0.29) is 5.91 Å². The number of piperidine rings is 1. The Morgan fingerprint density at radius 2 is 2.08 bits per heavy atom. The van der Waals surface area contributed by atoms with Crippen LogP contribution in [0.2, 0.25) is 0 Å². The molecular weight excluding hydrogens is 218 g/mol. The highest BCUT2D eigenvalue weighted by Gasteiger charge is 2.16. The minimum Gasteiger partial charge on any atom is -0.342 e. The van der Waals surface area contributed by atoms with Crippen LogP contribution in [0.25, 0.3) is 0 Å². The van der Waals surface area contributed by atoms with E-state index in [2.05, 4.69) is 22.5 Å². The Morgan fingerprint density at radius 1 is 1.50 bits per heavy atom. The Balaban J connectivity index is 2.33. The van der Waals surface area contributed by atoms with Gasteiger partial charge in [0.15, 0.2) is 0 Å². The first kappa shape index (κ1) is 9.78. The van der Waals surface area contributed by atoms with Crippen LogP contribution in [0.1, 0.15) is 19.3 Å². The van der Waals surface area contributed by atoms with Crippen LogP contribution in [0.4, 0.5) is 0 Å². The Hall–Kier alpha value is -0.310. The fraction of sp³-hybridized carbons (Fsp3) is 0.667. The van der Waals surface area contributed by atoms with Crippen LogP contribution in [-0.4, -0.2) is 29.2 Å². The van der Waals surface area contributed by atoms with Gasteiger partial charge in [-0.25, -0.2) is 0 Å². The third-order valence-electron chi connectivity index (χ3n) is 2.13. The van der Waals surface area contributed by atoms with Crippen LogP contribution in [-0.2, 0) is 4.79 Å². The topological polar surface area (TPSA) is 20.3 Å². The zero-order valence-corrected chi connectivity index (χ0v) is 8.77. The van der Waals surface area contributed by atoms with Crippen LogP contribution in [0, 0.1) is 0 Å². The van der Waals surface area contributed by atoms with Crippen LogP contribution in [0.5, 0.6) is 0 Å². The highest BCUT2D eigenvalue weighted by molar-refractivity contribution is 9.09. The molecule has 1 aliphatic rings. The van der Waals surface area contributed by atoms with Gasteiger partial charge in [0.1, 0.15) is 0 Å². The van der Waals surface area contributed by atoms with Gasteiger partial charge in [-0.1, -0.05) is 28.1 Å². The summed E-state index contributed by atoms with van der Waals surface area (Å²) in [7, 11) is 0. The molecule has 3 heteroatoms. The summed E-state index contributed by atoms with van der Waals surface area (Å²) in [6, 6.07) is 0. The van der Waals surface area contributed by atoms with Gasteiger partial charge < -0.3 is 4.90 Å². The predicted octanol–water partition coefficient (Wildman–Crippen LogP) is 1.95. The second kappa shape index (κ2) is 4.65. The van der Waals surface area contributed by atoms with E-state index in [1.165, 1.54) is 5.57 Å². The van der Waals surface area contributed by atoms with Crippen molar-refractivity contribution in [2.75, 3.05) is 18.4 Å². The maximum atomic E-state index is 11.4. The summed E-state index contributed by atoms with van der Waals surface area (Å²) in [5.41, 5.74) is 1.28. The molecule has 1 amide bonds. The Labute approximate surface area is 81.8 Å². The standard InChI is InChI=1S/C9H14BrNO/c1-8-3-6-11(7-4-8)9(12)2-5-10/h1-7H2. The van der Waals surface area contributed by atoms with Gasteiger partial charge in [0, 0.05) is 24.8 Å². The van der Waals surface area contributed by atoms with Crippen molar-refractivity contribution in [3.63, 3.8) is 0 Å². The molecule has 0 aromatic carbocycles. The van der Waals surface area contributed by atoms with Gasteiger partial charge in [0.2, 0.25) is 5.91 Å². The molecule has 0 unspecified atom stereocenters. The molecule has 0 aromatic rings. The van der Waals surface area contributed by atoms with E-state index >= 15 is 0 Å². The molecule has 0 atom stereocenters. The summed E-state index contributed by atoms with van der Waals surface area (Å²) < 4.78 is 0. The summed E-state index contributed by atoms with van der Waals surface area (Å²) in [6.45, 7) is 5.64. The predicted molar refractivity (Wildman–Crippen MR) is 53.4 cm³/mol. The Morgan fingerprint density at radius 3 is 2.58 bits per heavy atom. The molecule has 1 saturated heterocycles. The number of nitrogens with zero attached hydrogens (tertiary/aromatic N) is 1. The number of likely N-dealkylation sites (tertiary alicyclic amines) is 1. The lowest BCUT2D eigenvalue weighted by Gasteiger charge is -2.27. The number of hydrogen-bond donors (Lipinski definition) is 0. The first-order valence-electron chi connectivity index (χ1n) is 4.24. The third-order valence-corrected chi connectivity index (χ3v) is 2.53. The average molecular weight is 232 g/mol. The molecule has 0 aliphatic carbocycles. The number of halogens is 1. The molecule has 0 saturated carbocycles.